The molecule has 0 aliphatic carbocycles. The van der Waals surface area contributed by atoms with Crippen LogP contribution in [0.4, 0.5) is 0 Å². The van der Waals surface area contributed by atoms with E-state index in [2.05, 4.69) is 0 Å². The van der Waals surface area contributed by atoms with Gasteiger partial charge in [0.25, 0.3) is 5.91 Å². The highest BCUT2D eigenvalue weighted by Gasteiger charge is 2.20. The maximum Gasteiger partial charge on any atom is 0.377 e. The third-order valence-corrected chi connectivity index (χ3v) is 3.73. The van der Waals surface area contributed by atoms with Crippen molar-refractivity contribution in [1.82, 2.24) is 4.90 Å². The molecule has 1 aromatic rings. The normalized spacial score (nSPS) is 13.0. The highest BCUT2D eigenvalue weighted by Crippen LogP contribution is 2.28. The van der Waals surface area contributed by atoms with Crippen molar-refractivity contribution in [3.8, 4) is 11.5 Å². The van der Waals surface area contributed by atoms with Gasteiger partial charge in [-0.2, -0.15) is 0 Å². The summed E-state index contributed by atoms with van der Waals surface area (Å²) in [4.78, 5) is 25.7. The van der Waals surface area contributed by atoms with E-state index in [1.807, 2.05) is 13.0 Å². The number of benzene rings is 1. The Morgan fingerprint density at radius 3 is 2.54 bits per heavy atom. The van der Waals surface area contributed by atoms with Gasteiger partial charge in [-0.05, 0) is 24.6 Å². The summed E-state index contributed by atoms with van der Waals surface area (Å²) < 4.78 is 25.6. The quantitative estimate of drug-likeness (QED) is 0.645. The predicted molar refractivity (Wildman–Crippen MR) is 91.6 cm³/mol. The number of esters is 1. The van der Waals surface area contributed by atoms with E-state index in [4.69, 9.17) is 23.7 Å². The van der Waals surface area contributed by atoms with Crippen LogP contribution in [0.25, 0.3) is 0 Å². The molecule has 8 nitrogen and oxygen atoms in total. The molecule has 0 aromatic heterocycles. The summed E-state index contributed by atoms with van der Waals surface area (Å²) in [5, 5.41) is 0. The fraction of sp³-hybridized carbons (Fsp3) is 0.444. The molecular weight excluding hydrogens is 342 g/mol. The van der Waals surface area contributed by atoms with Gasteiger partial charge in [0, 0.05) is 13.1 Å². The van der Waals surface area contributed by atoms with Gasteiger partial charge in [-0.15, -0.1) is 0 Å². The Hall–Kier alpha value is -2.90. The molecule has 0 saturated carbocycles. The standard InChI is InChI=1S/C18H23NO7/c1-4-19(10-13-5-6-14(22-2)15(9-13)23-3)17(20)12-26-18(21)16-11-24-7-8-25-16/h5-6,9,11H,4,7-8,10,12H2,1-3H3. The van der Waals surface area contributed by atoms with Crippen LogP contribution in [-0.4, -0.2) is 57.4 Å². The number of likely N-dealkylation sites (N-methyl/N-ethyl adjacent to an activating group) is 1. The number of hydrogen-bond acceptors (Lipinski definition) is 7. The molecule has 0 saturated heterocycles. The first-order chi connectivity index (χ1) is 12.6. The minimum Gasteiger partial charge on any atom is -0.493 e. The summed E-state index contributed by atoms with van der Waals surface area (Å²) in [6.07, 6.45) is 1.19. The van der Waals surface area contributed by atoms with Gasteiger partial charge < -0.3 is 28.6 Å². The third kappa shape index (κ3) is 5.05. The van der Waals surface area contributed by atoms with Crippen molar-refractivity contribution in [3.63, 3.8) is 0 Å². The smallest absolute Gasteiger partial charge is 0.377 e. The van der Waals surface area contributed by atoms with Crippen LogP contribution in [0, 0.1) is 0 Å². The fourth-order valence-electron chi connectivity index (χ4n) is 2.34. The number of nitrogens with zero attached hydrogens (tertiary/aromatic N) is 1. The zero-order valence-corrected chi connectivity index (χ0v) is 15.1. The molecule has 1 amide bonds. The van der Waals surface area contributed by atoms with Crippen LogP contribution >= 0.6 is 0 Å². The van der Waals surface area contributed by atoms with Crippen LogP contribution in [0.5, 0.6) is 11.5 Å². The van der Waals surface area contributed by atoms with Gasteiger partial charge in [-0.25, -0.2) is 4.79 Å². The van der Waals surface area contributed by atoms with E-state index < -0.39 is 5.97 Å². The van der Waals surface area contributed by atoms with Gasteiger partial charge in [0.15, 0.2) is 18.1 Å². The van der Waals surface area contributed by atoms with Gasteiger partial charge >= 0.3 is 5.97 Å². The van der Waals surface area contributed by atoms with E-state index in [1.165, 1.54) is 6.26 Å². The van der Waals surface area contributed by atoms with Gasteiger partial charge in [0.1, 0.15) is 19.5 Å². The molecular formula is C18H23NO7. The maximum atomic E-state index is 12.3. The van der Waals surface area contributed by atoms with E-state index in [-0.39, 0.29) is 24.9 Å². The lowest BCUT2D eigenvalue weighted by Gasteiger charge is -2.22. The number of carbonyl (C=O) groups excluding carboxylic acids is 2. The molecule has 0 N–H and O–H groups in total. The topological polar surface area (TPSA) is 83.5 Å². The molecule has 1 aliphatic rings. The number of ether oxygens (including phenoxy) is 5. The lowest BCUT2D eigenvalue weighted by Crippen LogP contribution is -2.34. The Kier molecular flexibility index (Phi) is 7.13. The van der Waals surface area contributed by atoms with Crippen LogP contribution in [0.3, 0.4) is 0 Å². The molecule has 1 aliphatic heterocycles. The summed E-state index contributed by atoms with van der Waals surface area (Å²) >= 11 is 0. The third-order valence-electron chi connectivity index (χ3n) is 3.73. The molecule has 0 unspecified atom stereocenters. The highest BCUT2D eigenvalue weighted by molar-refractivity contribution is 5.88. The van der Waals surface area contributed by atoms with Crippen molar-refractivity contribution < 1.29 is 33.3 Å². The van der Waals surface area contributed by atoms with E-state index >= 15 is 0 Å². The summed E-state index contributed by atoms with van der Waals surface area (Å²) in [7, 11) is 3.11. The van der Waals surface area contributed by atoms with E-state index in [0.717, 1.165) is 5.56 Å². The summed E-state index contributed by atoms with van der Waals surface area (Å²) in [6, 6.07) is 5.43. The first-order valence-corrected chi connectivity index (χ1v) is 8.19. The first kappa shape index (κ1) is 19.4. The Labute approximate surface area is 152 Å². The molecule has 26 heavy (non-hydrogen) atoms. The first-order valence-electron chi connectivity index (χ1n) is 8.19. The summed E-state index contributed by atoms with van der Waals surface area (Å²) in [5.41, 5.74) is 0.871. The summed E-state index contributed by atoms with van der Waals surface area (Å²) in [5.74, 6) is 0.129. The van der Waals surface area contributed by atoms with Crippen LogP contribution in [0.1, 0.15) is 12.5 Å². The fourth-order valence-corrected chi connectivity index (χ4v) is 2.34. The second kappa shape index (κ2) is 9.55. The molecule has 0 radical (unpaired) electrons. The molecule has 0 bridgehead atoms. The zero-order valence-electron chi connectivity index (χ0n) is 15.1. The second-order valence-corrected chi connectivity index (χ2v) is 5.37. The minimum atomic E-state index is -0.722. The lowest BCUT2D eigenvalue weighted by molar-refractivity contribution is -0.152. The maximum absolute atomic E-state index is 12.3. The number of amides is 1. The zero-order chi connectivity index (χ0) is 18.9. The lowest BCUT2D eigenvalue weighted by atomic mass is 10.2. The van der Waals surface area contributed by atoms with E-state index in [1.54, 1.807) is 31.3 Å². The van der Waals surface area contributed by atoms with E-state index in [9.17, 15) is 9.59 Å². The number of methoxy groups -OCH3 is 2. The van der Waals surface area contributed by atoms with Crippen molar-refractivity contribution in [3.05, 3.63) is 35.8 Å². The summed E-state index contributed by atoms with van der Waals surface area (Å²) in [6.45, 7) is 2.95. The number of carbonyl (C=O) groups is 2. The van der Waals surface area contributed by atoms with Crippen molar-refractivity contribution >= 4 is 11.9 Å². The van der Waals surface area contributed by atoms with Crippen molar-refractivity contribution in [1.29, 1.82) is 0 Å². The Morgan fingerprint density at radius 2 is 1.92 bits per heavy atom. The average molecular weight is 365 g/mol. The number of hydrogen-bond donors (Lipinski definition) is 0. The van der Waals surface area contributed by atoms with E-state index in [0.29, 0.717) is 31.2 Å². The van der Waals surface area contributed by atoms with Crippen LogP contribution in [-0.2, 0) is 30.3 Å². The molecule has 1 heterocycles. The van der Waals surface area contributed by atoms with Crippen LogP contribution < -0.4 is 9.47 Å². The minimum absolute atomic E-state index is 0.0352. The predicted octanol–water partition coefficient (Wildman–Crippen LogP) is 1.48. The highest BCUT2D eigenvalue weighted by atomic mass is 16.6. The van der Waals surface area contributed by atoms with Crippen LogP contribution in [0.15, 0.2) is 30.2 Å². The van der Waals surface area contributed by atoms with Crippen molar-refractivity contribution in [2.24, 2.45) is 0 Å². The SMILES string of the molecule is CCN(Cc1ccc(OC)c(OC)c1)C(=O)COC(=O)C1=COCCO1. The molecule has 142 valence electrons. The molecule has 2 rings (SSSR count). The average Bonchev–Trinajstić information content (AvgIpc) is 2.70. The molecule has 8 heteroatoms. The van der Waals surface area contributed by atoms with Gasteiger partial charge in [-0.3, -0.25) is 4.79 Å². The van der Waals surface area contributed by atoms with Crippen LogP contribution in [0.2, 0.25) is 0 Å². The monoisotopic (exact) mass is 365 g/mol. The molecule has 0 fully saturated rings. The van der Waals surface area contributed by atoms with Crippen molar-refractivity contribution in [2.75, 3.05) is 40.6 Å². The molecule has 0 atom stereocenters. The van der Waals surface area contributed by atoms with Gasteiger partial charge in [0.05, 0.1) is 14.2 Å². The largest absolute Gasteiger partial charge is 0.493 e. The molecule has 0 spiro atoms. The second-order valence-electron chi connectivity index (χ2n) is 5.37. The Morgan fingerprint density at radius 1 is 1.15 bits per heavy atom. The van der Waals surface area contributed by atoms with Crippen molar-refractivity contribution in [2.45, 2.75) is 13.5 Å². The Balaban J connectivity index is 1.94. The number of rotatable bonds is 8. The molecule has 1 aromatic carbocycles. The van der Waals surface area contributed by atoms with Gasteiger partial charge in [0.2, 0.25) is 5.76 Å². The van der Waals surface area contributed by atoms with Gasteiger partial charge in [-0.1, -0.05) is 6.07 Å². The Bertz CT molecular complexity index is 672.